The number of hydrogen-bond donors (Lipinski definition) is 1. The lowest BCUT2D eigenvalue weighted by atomic mass is 9.83. The zero-order valence-electron chi connectivity index (χ0n) is 19.0. The zero-order valence-corrected chi connectivity index (χ0v) is 19.0. The van der Waals surface area contributed by atoms with Gasteiger partial charge in [0.15, 0.2) is 5.96 Å². The van der Waals surface area contributed by atoms with Gasteiger partial charge in [-0.2, -0.15) is 0 Å². The molecule has 2 heterocycles. The number of guanidine groups is 1. The SMILES string of the molecule is CCNC(=NCC1(CCOC)CC1)N1CCC2C(CCCN2Cc2ccccc2)C1. The van der Waals surface area contributed by atoms with Crippen LogP contribution in [-0.2, 0) is 11.3 Å². The molecule has 2 aliphatic heterocycles. The van der Waals surface area contributed by atoms with Crippen LogP contribution in [0.5, 0.6) is 0 Å². The number of nitrogens with zero attached hydrogens (tertiary/aromatic N) is 3. The summed E-state index contributed by atoms with van der Waals surface area (Å²) in [6.07, 6.45) is 7.67. The highest BCUT2D eigenvalue weighted by Crippen LogP contribution is 2.49. The minimum absolute atomic E-state index is 0.409. The standard InChI is InChI=1S/C25H40N4O/c1-3-26-24(27-20-25(12-13-25)14-17-30-2)29-16-11-23-22(19-29)10-7-15-28(23)18-21-8-5-4-6-9-21/h4-6,8-9,22-23H,3,7,10-20H2,1-2H3,(H,26,27). The first kappa shape index (κ1) is 21.6. The van der Waals surface area contributed by atoms with Crippen LogP contribution in [-0.4, -0.2) is 68.2 Å². The van der Waals surface area contributed by atoms with Crippen molar-refractivity contribution in [3.05, 3.63) is 35.9 Å². The van der Waals surface area contributed by atoms with E-state index in [1.165, 1.54) is 44.2 Å². The molecular weight excluding hydrogens is 372 g/mol. The summed E-state index contributed by atoms with van der Waals surface area (Å²) in [5.74, 6) is 1.89. The minimum atomic E-state index is 0.409. The van der Waals surface area contributed by atoms with Gasteiger partial charge in [0, 0.05) is 52.5 Å². The van der Waals surface area contributed by atoms with Gasteiger partial charge in [-0.25, -0.2) is 0 Å². The molecule has 3 fully saturated rings. The van der Waals surface area contributed by atoms with Crippen molar-refractivity contribution in [2.24, 2.45) is 16.3 Å². The number of nitrogens with one attached hydrogen (secondary N) is 1. The number of benzene rings is 1. The third kappa shape index (κ3) is 5.36. The summed E-state index contributed by atoms with van der Waals surface area (Å²) in [6.45, 7) is 9.53. The largest absolute Gasteiger partial charge is 0.385 e. The second kappa shape index (κ2) is 10.1. The van der Waals surface area contributed by atoms with Gasteiger partial charge in [0.1, 0.15) is 0 Å². The Labute approximate surface area is 182 Å². The zero-order chi connectivity index (χ0) is 20.8. The van der Waals surface area contributed by atoms with Crippen molar-refractivity contribution in [3.8, 4) is 0 Å². The molecule has 1 aromatic rings. The molecule has 1 aliphatic carbocycles. The topological polar surface area (TPSA) is 40.1 Å². The summed E-state index contributed by atoms with van der Waals surface area (Å²) < 4.78 is 5.32. The van der Waals surface area contributed by atoms with Crippen molar-refractivity contribution in [2.45, 2.75) is 58.0 Å². The van der Waals surface area contributed by atoms with Crippen molar-refractivity contribution in [1.29, 1.82) is 0 Å². The number of ether oxygens (including phenoxy) is 1. The average Bonchev–Trinajstić information content (AvgIpc) is 3.56. The van der Waals surface area contributed by atoms with E-state index < -0.39 is 0 Å². The van der Waals surface area contributed by atoms with Crippen LogP contribution in [0.4, 0.5) is 0 Å². The van der Waals surface area contributed by atoms with E-state index in [1.54, 1.807) is 7.11 Å². The Kier molecular flexibility index (Phi) is 7.32. The fourth-order valence-corrected chi connectivity index (χ4v) is 5.36. The lowest BCUT2D eigenvalue weighted by molar-refractivity contribution is 0.0372. The van der Waals surface area contributed by atoms with Crippen LogP contribution in [0.25, 0.3) is 0 Å². The van der Waals surface area contributed by atoms with Gasteiger partial charge in [-0.15, -0.1) is 0 Å². The van der Waals surface area contributed by atoms with Crippen LogP contribution >= 0.6 is 0 Å². The van der Waals surface area contributed by atoms with Gasteiger partial charge in [0.25, 0.3) is 0 Å². The van der Waals surface area contributed by atoms with Crippen LogP contribution in [0.2, 0.25) is 0 Å². The van der Waals surface area contributed by atoms with E-state index in [2.05, 4.69) is 52.4 Å². The van der Waals surface area contributed by atoms with Gasteiger partial charge < -0.3 is 15.0 Å². The normalized spacial score (nSPS) is 26.3. The number of rotatable bonds is 8. The van der Waals surface area contributed by atoms with Gasteiger partial charge in [-0.05, 0) is 68.9 Å². The lowest BCUT2D eigenvalue weighted by Gasteiger charge is -2.48. The maximum atomic E-state index is 5.32. The molecule has 0 spiro atoms. The molecule has 3 aliphatic rings. The van der Waals surface area contributed by atoms with E-state index in [1.807, 2.05) is 0 Å². The molecule has 1 saturated carbocycles. The number of aliphatic imine (C=N–C) groups is 1. The Balaban J connectivity index is 1.37. The molecule has 0 bridgehead atoms. The smallest absolute Gasteiger partial charge is 0.193 e. The first-order valence-corrected chi connectivity index (χ1v) is 12.0. The number of fused-ring (bicyclic) bond motifs is 1. The van der Waals surface area contributed by atoms with Crippen molar-refractivity contribution in [2.75, 3.05) is 46.4 Å². The number of piperidine rings is 2. The molecule has 2 atom stereocenters. The Hall–Kier alpha value is -1.59. The highest BCUT2D eigenvalue weighted by Gasteiger charge is 2.42. The Bertz CT molecular complexity index is 688. The third-order valence-corrected chi connectivity index (χ3v) is 7.40. The van der Waals surface area contributed by atoms with E-state index in [4.69, 9.17) is 9.73 Å². The van der Waals surface area contributed by atoms with Crippen LogP contribution in [0, 0.1) is 11.3 Å². The summed E-state index contributed by atoms with van der Waals surface area (Å²) in [6, 6.07) is 11.7. The van der Waals surface area contributed by atoms with Gasteiger partial charge in [0.05, 0.1) is 0 Å². The number of methoxy groups -OCH3 is 1. The molecule has 2 saturated heterocycles. The molecule has 4 rings (SSSR count). The van der Waals surface area contributed by atoms with E-state index in [0.717, 1.165) is 63.7 Å². The second-order valence-electron chi connectivity index (χ2n) is 9.57. The first-order valence-electron chi connectivity index (χ1n) is 12.0. The van der Waals surface area contributed by atoms with Crippen LogP contribution in [0.3, 0.4) is 0 Å². The van der Waals surface area contributed by atoms with Gasteiger partial charge in [0.2, 0.25) is 0 Å². The molecule has 2 unspecified atom stereocenters. The molecule has 0 radical (unpaired) electrons. The average molecular weight is 413 g/mol. The molecule has 166 valence electrons. The van der Waals surface area contributed by atoms with E-state index in [0.29, 0.717) is 5.41 Å². The molecule has 1 N–H and O–H groups in total. The monoisotopic (exact) mass is 412 g/mol. The first-order chi connectivity index (χ1) is 14.7. The minimum Gasteiger partial charge on any atom is -0.385 e. The van der Waals surface area contributed by atoms with Crippen molar-refractivity contribution in [3.63, 3.8) is 0 Å². The van der Waals surface area contributed by atoms with E-state index in [-0.39, 0.29) is 0 Å². The quantitative estimate of drug-likeness (QED) is 0.521. The molecule has 5 heteroatoms. The summed E-state index contributed by atoms with van der Waals surface area (Å²) >= 11 is 0. The van der Waals surface area contributed by atoms with Crippen molar-refractivity contribution >= 4 is 5.96 Å². The third-order valence-electron chi connectivity index (χ3n) is 7.40. The summed E-state index contributed by atoms with van der Waals surface area (Å²) in [7, 11) is 1.80. The molecule has 1 aromatic carbocycles. The number of hydrogen-bond acceptors (Lipinski definition) is 3. The lowest BCUT2D eigenvalue weighted by Crippen LogP contribution is -2.56. The summed E-state index contributed by atoms with van der Waals surface area (Å²) in [4.78, 5) is 10.4. The van der Waals surface area contributed by atoms with Crippen LogP contribution < -0.4 is 5.32 Å². The van der Waals surface area contributed by atoms with Gasteiger partial charge in [-0.1, -0.05) is 30.3 Å². The predicted octanol–water partition coefficient (Wildman–Crippen LogP) is 3.76. The van der Waals surface area contributed by atoms with Crippen LogP contribution in [0.15, 0.2) is 35.3 Å². The fourth-order valence-electron chi connectivity index (χ4n) is 5.36. The van der Waals surface area contributed by atoms with Crippen molar-refractivity contribution < 1.29 is 4.74 Å². The van der Waals surface area contributed by atoms with E-state index in [9.17, 15) is 0 Å². The van der Waals surface area contributed by atoms with Gasteiger partial charge in [-0.3, -0.25) is 9.89 Å². The molecular formula is C25H40N4O. The highest BCUT2D eigenvalue weighted by atomic mass is 16.5. The molecule has 30 heavy (non-hydrogen) atoms. The summed E-state index contributed by atoms with van der Waals surface area (Å²) in [5, 5.41) is 3.59. The van der Waals surface area contributed by atoms with Gasteiger partial charge >= 0.3 is 0 Å². The highest BCUT2D eigenvalue weighted by molar-refractivity contribution is 5.80. The molecule has 0 aromatic heterocycles. The van der Waals surface area contributed by atoms with Crippen LogP contribution in [0.1, 0.15) is 51.0 Å². The fraction of sp³-hybridized carbons (Fsp3) is 0.720. The maximum Gasteiger partial charge on any atom is 0.193 e. The summed E-state index contributed by atoms with van der Waals surface area (Å²) in [5.41, 5.74) is 1.85. The maximum absolute atomic E-state index is 5.32. The Morgan fingerprint density at radius 3 is 2.77 bits per heavy atom. The molecule has 5 nitrogen and oxygen atoms in total. The predicted molar refractivity (Wildman–Crippen MR) is 124 cm³/mol. The molecule has 0 amide bonds. The number of likely N-dealkylation sites (tertiary alicyclic amines) is 2. The Morgan fingerprint density at radius 2 is 2.03 bits per heavy atom. The van der Waals surface area contributed by atoms with Crippen molar-refractivity contribution in [1.82, 2.24) is 15.1 Å². The second-order valence-corrected chi connectivity index (χ2v) is 9.57. The van der Waals surface area contributed by atoms with E-state index >= 15 is 0 Å². The Morgan fingerprint density at radius 1 is 1.20 bits per heavy atom.